The third-order valence-electron chi connectivity index (χ3n) is 5.37. The summed E-state index contributed by atoms with van der Waals surface area (Å²) in [7, 11) is -1.48. The lowest BCUT2D eigenvalue weighted by atomic mass is 10.1. The molecule has 28 heavy (non-hydrogen) atoms. The van der Waals surface area contributed by atoms with Crippen LogP contribution in [0.1, 0.15) is 12.5 Å². The minimum absolute atomic E-state index is 0.0743. The van der Waals surface area contributed by atoms with Crippen LogP contribution in [0.15, 0.2) is 65.6 Å². The lowest BCUT2D eigenvalue weighted by molar-refractivity contribution is -0.908. The largest absolute Gasteiger partial charge is 0.335 e. The Labute approximate surface area is 167 Å². The minimum Gasteiger partial charge on any atom is -0.335 e. The molecule has 1 heterocycles. The van der Waals surface area contributed by atoms with Crippen molar-refractivity contribution in [1.29, 1.82) is 0 Å². The van der Waals surface area contributed by atoms with Crippen LogP contribution in [0.4, 0.5) is 0 Å². The lowest BCUT2D eigenvalue weighted by Gasteiger charge is -2.35. The first-order valence-corrected chi connectivity index (χ1v) is 11.0. The van der Waals surface area contributed by atoms with Gasteiger partial charge in [0.2, 0.25) is 10.0 Å². The third kappa shape index (κ3) is 4.60. The quantitative estimate of drug-likeness (QED) is 0.771. The van der Waals surface area contributed by atoms with Gasteiger partial charge in [-0.3, -0.25) is 4.79 Å². The highest BCUT2D eigenvalue weighted by molar-refractivity contribution is 7.89. The molecular weight excluding hydrogens is 374 g/mol. The molecule has 0 radical (unpaired) electrons. The van der Waals surface area contributed by atoms with Gasteiger partial charge in [0, 0.05) is 31.7 Å². The molecular formula is C21H28N3O3S+. The van der Waals surface area contributed by atoms with Crippen molar-refractivity contribution in [2.75, 3.05) is 33.2 Å². The van der Waals surface area contributed by atoms with E-state index in [0.717, 1.165) is 11.4 Å². The van der Waals surface area contributed by atoms with Gasteiger partial charge in [-0.25, -0.2) is 8.42 Å². The van der Waals surface area contributed by atoms with Crippen LogP contribution in [0, 0.1) is 0 Å². The van der Waals surface area contributed by atoms with E-state index in [9.17, 15) is 13.2 Å². The molecule has 0 aromatic heterocycles. The van der Waals surface area contributed by atoms with E-state index in [1.54, 1.807) is 35.2 Å². The second kappa shape index (κ2) is 8.86. The summed E-state index contributed by atoms with van der Waals surface area (Å²) in [5.41, 5.74) is 1.19. The van der Waals surface area contributed by atoms with Crippen molar-refractivity contribution < 1.29 is 18.1 Å². The van der Waals surface area contributed by atoms with Gasteiger partial charge in [0.15, 0.2) is 6.04 Å². The summed E-state index contributed by atoms with van der Waals surface area (Å²) in [6.45, 7) is 4.21. The maximum Gasteiger partial charge on any atom is 0.280 e. The van der Waals surface area contributed by atoms with Crippen LogP contribution in [0.5, 0.6) is 0 Å². The van der Waals surface area contributed by atoms with Crippen molar-refractivity contribution >= 4 is 15.9 Å². The Morgan fingerprint density at radius 2 is 1.50 bits per heavy atom. The highest BCUT2D eigenvalue weighted by Gasteiger charge is 2.33. The Balaban J connectivity index is 1.57. The number of hydrogen-bond donors (Lipinski definition) is 1. The molecule has 3 rings (SSSR count). The molecule has 1 N–H and O–H groups in total. The number of benzene rings is 2. The van der Waals surface area contributed by atoms with E-state index in [2.05, 4.69) is 12.1 Å². The van der Waals surface area contributed by atoms with E-state index in [1.807, 2.05) is 32.2 Å². The zero-order valence-corrected chi connectivity index (χ0v) is 17.2. The summed E-state index contributed by atoms with van der Waals surface area (Å²) in [4.78, 5) is 16.1. The van der Waals surface area contributed by atoms with Gasteiger partial charge in [0.25, 0.3) is 5.91 Å². The number of amides is 1. The van der Waals surface area contributed by atoms with Crippen molar-refractivity contribution in [2.45, 2.75) is 24.4 Å². The maximum atomic E-state index is 12.9. The molecule has 1 fully saturated rings. The number of carbonyl (C=O) groups is 1. The Bertz CT molecular complexity index is 880. The van der Waals surface area contributed by atoms with Crippen LogP contribution in [0.3, 0.4) is 0 Å². The molecule has 6 nitrogen and oxygen atoms in total. The monoisotopic (exact) mass is 402 g/mol. The molecule has 1 aliphatic heterocycles. The Hall–Kier alpha value is -2.22. The second-order valence-corrected chi connectivity index (χ2v) is 9.21. The van der Waals surface area contributed by atoms with Gasteiger partial charge in [0.1, 0.15) is 6.54 Å². The first-order chi connectivity index (χ1) is 13.4. The SMILES string of the molecule is C[C@H](C(=O)N1CCN(S(=O)(=O)c2ccccc2)CC1)[NH+](C)Cc1ccccc1. The fourth-order valence-electron chi connectivity index (χ4n) is 3.45. The molecule has 1 aliphatic rings. The maximum absolute atomic E-state index is 12.9. The molecule has 1 saturated heterocycles. The van der Waals surface area contributed by atoms with Gasteiger partial charge in [-0.2, -0.15) is 4.31 Å². The summed E-state index contributed by atoms with van der Waals surface area (Å²) in [5, 5.41) is 0. The average Bonchev–Trinajstić information content (AvgIpc) is 2.74. The normalized spacial score (nSPS) is 17.9. The molecule has 0 spiro atoms. The summed E-state index contributed by atoms with van der Waals surface area (Å²) < 4.78 is 26.9. The molecule has 1 amide bonds. The number of rotatable bonds is 6. The van der Waals surface area contributed by atoms with Crippen LogP contribution in [0.25, 0.3) is 0 Å². The Morgan fingerprint density at radius 3 is 2.07 bits per heavy atom. The highest BCUT2D eigenvalue weighted by atomic mass is 32.2. The number of likely N-dealkylation sites (N-methyl/N-ethyl adjacent to an activating group) is 1. The van der Waals surface area contributed by atoms with Crippen molar-refractivity contribution in [3.05, 3.63) is 66.2 Å². The van der Waals surface area contributed by atoms with E-state index < -0.39 is 10.0 Å². The Morgan fingerprint density at radius 1 is 0.964 bits per heavy atom. The van der Waals surface area contributed by atoms with Crippen molar-refractivity contribution in [1.82, 2.24) is 9.21 Å². The van der Waals surface area contributed by atoms with Gasteiger partial charge < -0.3 is 9.80 Å². The van der Waals surface area contributed by atoms with E-state index in [0.29, 0.717) is 31.1 Å². The van der Waals surface area contributed by atoms with Gasteiger partial charge in [-0.05, 0) is 19.1 Å². The number of nitrogens with zero attached hydrogens (tertiary/aromatic N) is 2. The van der Waals surface area contributed by atoms with Crippen molar-refractivity contribution in [3.8, 4) is 0 Å². The van der Waals surface area contributed by atoms with Crippen LogP contribution in [0.2, 0.25) is 0 Å². The molecule has 2 aromatic carbocycles. The van der Waals surface area contributed by atoms with Crippen LogP contribution >= 0.6 is 0 Å². The van der Waals surface area contributed by atoms with Gasteiger partial charge in [-0.15, -0.1) is 0 Å². The Kier molecular flexibility index (Phi) is 6.49. The van der Waals surface area contributed by atoms with E-state index in [4.69, 9.17) is 0 Å². The molecule has 7 heteroatoms. The summed E-state index contributed by atoms with van der Waals surface area (Å²) in [6.07, 6.45) is 0. The first kappa shape index (κ1) is 20.5. The third-order valence-corrected chi connectivity index (χ3v) is 7.28. The van der Waals surface area contributed by atoms with Crippen LogP contribution in [-0.4, -0.2) is 62.8 Å². The summed E-state index contributed by atoms with van der Waals surface area (Å²) in [6, 6.07) is 18.4. The molecule has 0 bridgehead atoms. The second-order valence-electron chi connectivity index (χ2n) is 7.27. The summed E-state index contributed by atoms with van der Waals surface area (Å²) in [5.74, 6) is 0.0743. The molecule has 0 saturated carbocycles. The zero-order valence-electron chi connectivity index (χ0n) is 16.4. The molecule has 1 unspecified atom stereocenters. The number of piperazine rings is 1. The molecule has 2 atom stereocenters. The van der Waals surface area contributed by atoms with E-state index in [1.165, 1.54) is 9.87 Å². The molecule has 2 aromatic rings. The number of quaternary nitrogens is 1. The van der Waals surface area contributed by atoms with Crippen molar-refractivity contribution in [2.24, 2.45) is 0 Å². The molecule has 150 valence electrons. The fraction of sp³-hybridized carbons (Fsp3) is 0.381. The standard InChI is InChI=1S/C21H27N3O3S/c1-18(22(2)17-19-9-5-3-6-10-19)21(25)23-13-15-24(16-14-23)28(26,27)20-11-7-4-8-12-20/h3-12,18H,13-17H2,1-2H3/p+1/t18-/m1/s1. The number of hydrogen-bond acceptors (Lipinski definition) is 3. The predicted octanol–water partition coefficient (Wildman–Crippen LogP) is 0.623. The van der Waals surface area contributed by atoms with Crippen LogP contribution < -0.4 is 4.90 Å². The van der Waals surface area contributed by atoms with E-state index in [-0.39, 0.29) is 11.9 Å². The molecule has 0 aliphatic carbocycles. The van der Waals surface area contributed by atoms with Gasteiger partial charge in [-0.1, -0.05) is 48.5 Å². The number of carbonyl (C=O) groups excluding carboxylic acids is 1. The summed E-state index contributed by atoms with van der Waals surface area (Å²) >= 11 is 0. The topological polar surface area (TPSA) is 62.1 Å². The predicted molar refractivity (Wildman–Crippen MR) is 108 cm³/mol. The van der Waals surface area contributed by atoms with Gasteiger partial charge >= 0.3 is 0 Å². The van der Waals surface area contributed by atoms with Gasteiger partial charge in [0.05, 0.1) is 11.9 Å². The zero-order chi connectivity index (χ0) is 20.1. The minimum atomic E-state index is -3.50. The first-order valence-electron chi connectivity index (χ1n) is 9.60. The smallest absolute Gasteiger partial charge is 0.280 e. The number of nitrogens with one attached hydrogen (secondary N) is 1. The number of sulfonamides is 1. The fourth-order valence-corrected chi connectivity index (χ4v) is 4.89. The highest BCUT2D eigenvalue weighted by Crippen LogP contribution is 2.17. The lowest BCUT2D eigenvalue weighted by Crippen LogP contribution is -3.12. The van der Waals surface area contributed by atoms with Crippen molar-refractivity contribution in [3.63, 3.8) is 0 Å². The van der Waals surface area contributed by atoms with Crippen LogP contribution in [-0.2, 0) is 21.4 Å². The average molecular weight is 403 g/mol. The van der Waals surface area contributed by atoms with E-state index >= 15 is 0 Å².